The summed E-state index contributed by atoms with van der Waals surface area (Å²) in [5, 5.41) is 21.0. The second-order valence-electron chi connectivity index (χ2n) is 5.02. The molecule has 1 aliphatic rings. The number of nitrogens with two attached hydrogens (primary N) is 1. The molecule has 2 heterocycles. The number of nitriles is 1. The lowest BCUT2D eigenvalue weighted by Gasteiger charge is -2.31. The first-order valence-corrected chi connectivity index (χ1v) is 6.82. The highest BCUT2D eigenvalue weighted by Crippen LogP contribution is 2.15. The molecule has 1 atom stereocenters. The van der Waals surface area contributed by atoms with Gasteiger partial charge in [-0.3, -0.25) is 0 Å². The molecule has 108 valence electrons. The van der Waals surface area contributed by atoms with Gasteiger partial charge in [0.05, 0.1) is 6.20 Å². The number of anilines is 2. The normalized spacial score (nSPS) is 19.5. The van der Waals surface area contributed by atoms with Crippen LogP contribution in [-0.2, 0) is 0 Å². The molecule has 20 heavy (non-hydrogen) atoms. The van der Waals surface area contributed by atoms with Crippen LogP contribution in [0, 0.1) is 17.2 Å². The van der Waals surface area contributed by atoms with E-state index in [4.69, 9.17) is 11.0 Å². The van der Waals surface area contributed by atoms with Crippen molar-refractivity contribution in [2.45, 2.75) is 12.8 Å². The maximum absolute atomic E-state index is 9.19. The van der Waals surface area contributed by atoms with Gasteiger partial charge in [0.25, 0.3) is 0 Å². The van der Waals surface area contributed by atoms with Crippen LogP contribution in [0.4, 0.5) is 11.8 Å². The van der Waals surface area contributed by atoms with Crippen LogP contribution in [0.25, 0.3) is 0 Å². The van der Waals surface area contributed by atoms with Crippen molar-refractivity contribution in [1.82, 2.24) is 14.9 Å². The van der Waals surface area contributed by atoms with E-state index in [1.165, 1.54) is 6.20 Å². The summed E-state index contributed by atoms with van der Waals surface area (Å²) >= 11 is 0. The average molecular weight is 276 g/mol. The SMILES string of the molecule is N#Cc1cnc(NCCN2CCC[C@H](CO)C2)nc1N. The number of hydrogen-bond acceptors (Lipinski definition) is 7. The van der Waals surface area contributed by atoms with E-state index in [2.05, 4.69) is 20.2 Å². The number of aliphatic hydroxyl groups is 1. The Balaban J connectivity index is 1.78. The predicted molar refractivity (Wildman–Crippen MR) is 75.9 cm³/mol. The molecule has 0 saturated carbocycles. The Kier molecular flexibility index (Phi) is 5.09. The number of nitrogens with one attached hydrogen (secondary N) is 1. The third-order valence-electron chi connectivity index (χ3n) is 3.51. The van der Waals surface area contributed by atoms with Gasteiger partial charge in [-0.15, -0.1) is 0 Å². The Morgan fingerprint density at radius 3 is 3.15 bits per heavy atom. The molecule has 0 amide bonds. The van der Waals surface area contributed by atoms with Gasteiger partial charge in [-0.25, -0.2) is 4.98 Å². The van der Waals surface area contributed by atoms with Crippen LogP contribution < -0.4 is 11.1 Å². The quantitative estimate of drug-likeness (QED) is 0.696. The van der Waals surface area contributed by atoms with Crippen molar-refractivity contribution in [2.24, 2.45) is 5.92 Å². The Morgan fingerprint density at radius 2 is 2.45 bits per heavy atom. The molecular formula is C13H20N6O. The van der Waals surface area contributed by atoms with Crippen molar-refractivity contribution in [3.63, 3.8) is 0 Å². The van der Waals surface area contributed by atoms with Crippen molar-refractivity contribution in [3.05, 3.63) is 11.8 Å². The highest BCUT2D eigenvalue weighted by Gasteiger charge is 2.18. The molecule has 0 radical (unpaired) electrons. The van der Waals surface area contributed by atoms with Gasteiger partial charge in [0, 0.05) is 26.2 Å². The average Bonchev–Trinajstić information content (AvgIpc) is 2.48. The fourth-order valence-electron chi connectivity index (χ4n) is 2.40. The number of nitrogen functional groups attached to an aromatic ring is 1. The van der Waals surface area contributed by atoms with E-state index in [1.807, 2.05) is 6.07 Å². The van der Waals surface area contributed by atoms with E-state index in [0.717, 1.165) is 32.5 Å². The fraction of sp³-hybridized carbons (Fsp3) is 0.615. The first kappa shape index (κ1) is 14.5. The minimum absolute atomic E-state index is 0.198. The topological polar surface area (TPSA) is 111 Å². The predicted octanol–water partition coefficient (Wildman–Crippen LogP) is 0.0467. The van der Waals surface area contributed by atoms with Crippen molar-refractivity contribution < 1.29 is 5.11 Å². The molecule has 7 nitrogen and oxygen atoms in total. The number of nitrogens with zero attached hydrogens (tertiary/aromatic N) is 4. The van der Waals surface area contributed by atoms with E-state index in [0.29, 0.717) is 18.4 Å². The first-order valence-electron chi connectivity index (χ1n) is 6.82. The second kappa shape index (κ2) is 7.03. The fourth-order valence-corrected chi connectivity index (χ4v) is 2.40. The second-order valence-corrected chi connectivity index (χ2v) is 5.02. The summed E-state index contributed by atoms with van der Waals surface area (Å²) in [6, 6.07) is 1.93. The lowest BCUT2D eigenvalue weighted by Crippen LogP contribution is -2.39. The van der Waals surface area contributed by atoms with Crippen LogP contribution in [-0.4, -0.2) is 52.8 Å². The molecule has 1 aromatic rings. The molecule has 7 heteroatoms. The van der Waals surface area contributed by atoms with Gasteiger partial charge in [0.2, 0.25) is 5.95 Å². The molecule has 0 unspecified atom stereocenters. The monoisotopic (exact) mass is 276 g/mol. The molecule has 1 fully saturated rings. The molecule has 2 rings (SSSR count). The van der Waals surface area contributed by atoms with Crippen LogP contribution in [0.5, 0.6) is 0 Å². The summed E-state index contributed by atoms with van der Waals surface area (Å²) in [5.74, 6) is 1.03. The number of rotatable bonds is 5. The summed E-state index contributed by atoms with van der Waals surface area (Å²) in [7, 11) is 0. The van der Waals surface area contributed by atoms with Crippen molar-refractivity contribution >= 4 is 11.8 Å². The summed E-state index contributed by atoms with van der Waals surface area (Å²) in [6.07, 6.45) is 3.66. The van der Waals surface area contributed by atoms with Crippen molar-refractivity contribution in [2.75, 3.05) is 43.8 Å². The zero-order valence-electron chi connectivity index (χ0n) is 11.4. The largest absolute Gasteiger partial charge is 0.396 e. The van der Waals surface area contributed by atoms with Crippen LogP contribution in [0.3, 0.4) is 0 Å². The lowest BCUT2D eigenvalue weighted by molar-refractivity contribution is 0.123. The van der Waals surface area contributed by atoms with E-state index >= 15 is 0 Å². The van der Waals surface area contributed by atoms with E-state index in [1.54, 1.807) is 0 Å². The van der Waals surface area contributed by atoms with E-state index < -0.39 is 0 Å². The Morgan fingerprint density at radius 1 is 1.60 bits per heavy atom. The minimum atomic E-state index is 0.198. The molecular weight excluding hydrogens is 256 g/mol. The van der Waals surface area contributed by atoms with Crippen molar-refractivity contribution in [3.8, 4) is 6.07 Å². The number of likely N-dealkylation sites (tertiary alicyclic amines) is 1. The molecule has 0 aliphatic carbocycles. The zero-order valence-corrected chi connectivity index (χ0v) is 11.4. The zero-order chi connectivity index (χ0) is 14.4. The molecule has 1 aliphatic heterocycles. The van der Waals surface area contributed by atoms with Crippen LogP contribution >= 0.6 is 0 Å². The standard InChI is InChI=1S/C13H20N6O/c14-6-11-7-17-13(18-12(11)15)16-3-5-19-4-1-2-10(8-19)9-20/h7,10,20H,1-5,8-9H2,(H3,15,16,17,18)/t10-/m0/s1. The number of piperidine rings is 1. The van der Waals surface area contributed by atoms with E-state index in [9.17, 15) is 5.11 Å². The van der Waals surface area contributed by atoms with Gasteiger partial charge in [0.15, 0.2) is 0 Å². The summed E-state index contributed by atoms with van der Waals surface area (Å²) in [5.41, 5.74) is 5.92. The molecule has 1 saturated heterocycles. The molecule has 0 aromatic carbocycles. The smallest absolute Gasteiger partial charge is 0.224 e. The number of hydrogen-bond donors (Lipinski definition) is 3. The van der Waals surface area contributed by atoms with Crippen LogP contribution in [0.2, 0.25) is 0 Å². The third kappa shape index (κ3) is 3.79. The van der Waals surface area contributed by atoms with Crippen LogP contribution in [0.15, 0.2) is 6.20 Å². The minimum Gasteiger partial charge on any atom is -0.396 e. The molecule has 0 bridgehead atoms. The maximum Gasteiger partial charge on any atom is 0.224 e. The maximum atomic E-state index is 9.19. The highest BCUT2D eigenvalue weighted by molar-refractivity contribution is 5.49. The van der Waals surface area contributed by atoms with Gasteiger partial charge >= 0.3 is 0 Å². The third-order valence-corrected chi connectivity index (χ3v) is 3.51. The molecule has 4 N–H and O–H groups in total. The number of aromatic nitrogens is 2. The van der Waals surface area contributed by atoms with E-state index in [-0.39, 0.29) is 18.0 Å². The van der Waals surface area contributed by atoms with Gasteiger partial charge in [0.1, 0.15) is 17.5 Å². The van der Waals surface area contributed by atoms with Crippen LogP contribution in [0.1, 0.15) is 18.4 Å². The Hall–Kier alpha value is -1.91. The summed E-state index contributed by atoms with van der Waals surface area (Å²) in [4.78, 5) is 10.4. The van der Waals surface area contributed by atoms with Gasteiger partial charge in [-0.2, -0.15) is 10.2 Å². The summed E-state index contributed by atoms with van der Waals surface area (Å²) < 4.78 is 0. The van der Waals surface area contributed by atoms with Gasteiger partial charge in [-0.05, 0) is 25.3 Å². The Bertz CT molecular complexity index is 486. The number of aliphatic hydroxyl groups excluding tert-OH is 1. The Labute approximate surface area is 118 Å². The highest BCUT2D eigenvalue weighted by atomic mass is 16.3. The molecule has 0 spiro atoms. The van der Waals surface area contributed by atoms with Gasteiger partial charge < -0.3 is 21.1 Å². The summed E-state index contributed by atoms with van der Waals surface area (Å²) in [6.45, 7) is 3.85. The first-order chi connectivity index (χ1) is 9.72. The van der Waals surface area contributed by atoms with Crippen molar-refractivity contribution in [1.29, 1.82) is 5.26 Å². The molecule has 1 aromatic heterocycles. The van der Waals surface area contributed by atoms with Gasteiger partial charge in [-0.1, -0.05) is 0 Å². The lowest BCUT2D eigenvalue weighted by atomic mass is 9.99.